The summed E-state index contributed by atoms with van der Waals surface area (Å²) in [7, 11) is -1.12. The van der Waals surface area contributed by atoms with E-state index >= 15 is 0 Å². The lowest BCUT2D eigenvalue weighted by atomic mass is 9.79. The van der Waals surface area contributed by atoms with E-state index in [0.29, 0.717) is 13.1 Å². The average Bonchev–Trinajstić information content (AvgIpc) is 2.97. The molecule has 2 aliphatic heterocycles. The van der Waals surface area contributed by atoms with Crippen molar-refractivity contribution in [3.8, 4) is 0 Å². The van der Waals surface area contributed by atoms with E-state index < -0.39 is 10.0 Å². The summed E-state index contributed by atoms with van der Waals surface area (Å²) in [5, 5.41) is 4.22. The van der Waals surface area contributed by atoms with E-state index in [1.165, 1.54) is 11.8 Å². The summed E-state index contributed by atoms with van der Waals surface area (Å²) in [4.78, 5) is 2.45. The fourth-order valence-electron chi connectivity index (χ4n) is 3.77. The van der Waals surface area contributed by atoms with Gasteiger partial charge in [-0.15, -0.1) is 0 Å². The first-order valence-corrected chi connectivity index (χ1v) is 9.36. The van der Waals surface area contributed by atoms with Crippen molar-refractivity contribution >= 4 is 10.0 Å². The summed E-state index contributed by atoms with van der Waals surface area (Å²) in [6.07, 6.45) is 8.57. The van der Waals surface area contributed by atoms with E-state index in [1.54, 1.807) is 4.31 Å². The molecule has 0 aromatic carbocycles. The quantitative estimate of drug-likeness (QED) is 0.823. The van der Waals surface area contributed by atoms with Crippen LogP contribution in [0.2, 0.25) is 0 Å². The number of sulfonamides is 1. The number of rotatable bonds is 3. The summed E-state index contributed by atoms with van der Waals surface area (Å²) in [5.41, 5.74) is 1.39. The third kappa shape index (κ3) is 3.30. The fraction of sp³-hybridized carbons (Fsp3) is 0.786. The molecule has 3 heterocycles. The van der Waals surface area contributed by atoms with Crippen LogP contribution >= 0.6 is 0 Å². The Hall–Kier alpha value is -0.920. The minimum atomic E-state index is -3.05. The summed E-state index contributed by atoms with van der Waals surface area (Å²) >= 11 is 0. The average molecular weight is 312 g/mol. The summed E-state index contributed by atoms with van der Waals surface area (Å²) in [6, 6.07) is 0. The van der Waals surface area contributed by atoms with Crippen LogP contribution in [0.3, 0.4) is 0 Å². The van der Waals surface area contributed by atoms with E-state index in [0.717, 1.165) is 38.9 Å². The highest BCUT2D eigenvalue weighted by atomic mass is 32.2. The minimum absolute atomic E-state index is 0.156. The standard InChI is InChI=1S/C14H24N4O2S/c1-16-9-13(8-15-16)10-17-6-3-4-14(11-17)5-7-18(12-14)21(2,19)20/h8-9H,3-7,10-12H2,1-2H3. The van der Waals surface area contributed by atoms with Gasteiger partial charge in [0.15, 0.2) is 0 Å². The summed E-state index contributed by atoms with van der Waals surface area (Å²) < 4.78 is 27.0. The summed E-state index contributed by atoms with van der Waals surface area (Å²) in [5.74, 6) is 0. The van der Waals surface area contributed by atoms with Gasteiger partial charge in [-0.25, -0.2) is 12.7 Å². The molecule has 21 heavy (non-hydrogen) atoms. The largest absolute Gasteiger partial charge is 0.298 e. The smallest absolute Gasteiger partial charge is 0.211 e. The van der Waals surface area contributed by atoms with Crippen LogP contribution in [0.1, 0.15) is 24.8 Å². The number of hydrogen-bond acceptors (Lipinski definition) is 4. The normalized spacial score (nSPS) is 28.5. The van der Waals surface area contributed by atoms with E-state index in [1.807, 2.05) is 17.9 Å². The van der Waals surface area contributed by atoms with Gasteiger partial charge in [0.05, 0.1) is 12.5 Å². The number of likely N-dealkylation sites (tertiary alicyclic amines) is 1. The third-order valence-corrected chi connectivity index (χ3v) is 6.03. The molecule has 0 aliphatic carbocycles. The maximum absolute atomic E-state index is 11.7. The Balaban J connectivity index is 1.66. The van der Waals surface area contributed by atoms with E-state index in [9.17, 15) is 8.42 Å². The number of hydrogen-bond donors (Lipinski definition) is 0. The maximum atomic E-state index is 11.7. The van der Waals surface area contributed by atoms with Crippen LogP contribution in [0.25, 0.3) is 0 Å². The van der Waals surface area contributed by atoms with Crippen molar-refractivity contribution in [1.29, 1.82) is 0 Å². The highest BCUT2D eigenvalue weighted by molar-refractivity contribution is 7.88. The molecule has 2 fully saturated rings. The van der Waals surface area contributed by atoms with E-state index in [4.69, 9.17) is 0 Å². The molecular formula is C14H24N4O2S. The van der Waals surface area contributed by atoms with Gasteiger partial charge < -0.3 is 0 Å². The molecule has 0 amide bonds. The molecule has 0 bridgehead atoms. The Morgan fingerprint density at radius 2 is 2.10 bits per heavy atom. The molecule has 1 spiro atoms. The third-order valence-electron chi connectivity index (χ3n) is 4.78. The monoisotopic (exact) mass is 312 g/mol. The lowest BCUT2D eigenvalue weighted by molar-refractivity contribution is 0.0935. The first-order chi connectivity index (χ1) is 9.86. The highest BCUT2D eigenvalue weighted by Gasteiger charge is 2.43. The second-order valence-electron chi connectivity index (χ2n) is 6.68. The topological polar surface area (TPSA) is 58.4 Å². The molecule has 0 saturated carbocycles. The molecular weight excluding hydrogens is 288 g/mol. The molecule has 6 nitrogen and oxygen atoms in total. The predicted molar refractivity (Wildman–Crippen MR) is 81.2 cm³/mol. The first-order valence-electron chi connectivity index (χ1n) is 7.51. The Bertz CT molecular complexity index is 612. The van der Waals surface area contributed by atoms with Crippen LogP contribution in [0, 0.1) is 5.41 Å². The van der Waals surface area contributed by atoms with Crippen LogP contribution in [0.5, 0.6) is 0 Å². The zero-order valence-corrected chi connectivity index (χ0v) is 13.6. The van der Waals surface area contributed by atoms with Gasteiger partial charge in [0.2, 0.25) is 10.0 Å². The first kappa shape index (κ1) is 15.0. The van der Waals surface area contributed by atoms with Crippen molar-refractivity contribution in [3.63, 3.8) is 0 Å². The van der Waals surface area contributed by atoms with Crippen LogP contribution in [0.15, 0.2) is 12.4 Å². The van der Waals surface area contributed by atoms with Crippen molar-refractivity contribution in [2.75, 3.05) is 32.4 Å². The molecule has 1 atom stereocenters. The van der Waals surface area contributed by atoms with Gasteiger partial charge in [-0.05, 0) is 31.2 Å². The second-order valence-corrected chi connectivity index (χ2v) is 8.67. The Kier molecular flexibility index (Phi) is 3.83. The molecule has 2 saturated heterocycles. The predicted octanol–water partition coefficient (Wildman–Crippen LogP) is 0.668. The summed E-state index contributed by atoms with van der Waals surface area (Å²) in [6.45, 7) is 4.37. The molecule has 0 N–H and O–H groups in total. The maximum Gasteiger partial charge on any atom is 0.211 e. The van der Waals surface area contributed by atoms with Gasteiger partial charge in [0, 0.05) is 45.0 Å². The Morgan fingerprint density at radius 1 is 1.29 bits per heavy atom. The van der Waals surface area contributed by atoms with Gasteiger partial charge >= 0.3 is 0 Å². The van der Waals surface area contributed by atoms with Crippen molar-refractivity contribution in [1.82, 2.24) is 19.0 Å². The van der Waals surface area contributed by atoms with Crippen molar-refractivity contribution in [2.24, 2.45) is 12.5 Å². The zero-order valence-electron chi connectivity index (χ0n) is 12.8. The molecule has 1 aromatic rings. The lowest BCUT2D eigenvalue weighted by Crippen LogP contribution is -2.44. The Labute approximate surface area is 126 Å². The van der Waals surface area contributed by atoms with Gasteiger partial charge in [-0.1, -0.05) is 0 Å². The number of nitrogens with zero attached hydrogens (tertiary/aromatic N) is 4. The molecule has 7 heteroatoms. The fourth-order valence-corrected chi connectivity index (χ4v) is 4.70. The molecule has 1 aromatic heterocycles. The van der Waals surface area contributed by atoms with E-state index in [2.05, 4.69) is 16.2 Å². The molecule has 118 valence electrons. The molecule has 3 rings (SSSR count). The van der Waals surface area contributed by atoms with Gasteiger partial charge in [0.1, 0.15) is 0 Å². The zero-order chi connectivity index (χ0) is 15.1. The van der Waals surface area contributed by atoms with Gasteiger partial charge in [0.25, 0.3) is 0 Å². The molecule has 1 unspecified atom stereocenters. The number of piperidine rings is 1. The van der Waals surface area contributed by atoms with Crippen molar-refractivity contribution < 1.29 is 8.42 Å². The van der Waals surface area contributed by atoms with Crippen LogP contribution < -0.4 is 0 Å². The van der Waals surface area contributed by atoms with Gasteiger partial charge in [-0.2, -0.15) is 5.10 Å². The molecule has 2 aliphatic rings. The number of aromatic nitrogens is 2. The SMILES string of the molecule is Cn1cc(CN2CCCC3(CCN(S(C)(=O)=O)C3)C2)cn1. The van der Waals surface area contributed by atoms with Gasteiger partial charge in [-0.3, -0.25) is 9.58 Å². The van der Waals surface area contributed by atoms with Crippen LogP contribution in [-0.4, -0.2) is 59.8 Å². The van der Waals surface area contributed by atoms with E-state index in [-0.39, 0.29) is 5.41 Å². The highest BCUT2D eigenvalue weighted by Crippen LogP contribution is 2.40. The van der Waals surface area contributed by atoms with Crippen molar-refractivity contribution in [3.05, 3.63) is 18.0 Å². The molecule has 0 radical (unpaired) electrons. The van der Waals surface area contributed by atoms with Crippen LogP contribution in [-0.2, 0) is 23.6 Å². The van der Waals surface area contributed by atoms with Crippen LogP contribution in [0.4, 0.5) is 0 Å². The number of aryl methyl sites for hydroxylation is 1. The Morgan fingerprint density at radius 3 is 2.71 bits per heavy atom. The van der Waals surface area contributed by atoms with Crippen molar-refractivity contribution in [2.45, 2.75) is 25.8 Å². The second kappa shape index (κ2) is 5.37. The lowest BCUT2D eigenvalue weighted by Gasteiger charge is -2.40. The minimum Gasteiger partial charge on any atom is -0.298 e.